The van der Waals surface area contributed by atoms with Gasteiger partial charge in [0.25, 0.3) is 0 Å². The first kappa shape index (κ1) is 14.2. The molecule has 1 aromatic rings. The van der Waals surface area contributed by atoms with Gasteiger partial charge in [-0.25, -0.2) is 4.79 Å². The number of benzene rings is 1. The summed E-state index contributed by atoms with van der Waals surface area (Å²) in [5.41, 5.74) is 0.592. The van der Waals surface area contributed by atoms with Crippen LogP contribution in [0.25, 0.3) is 0 Å². The summed E-state index contributed by atoms with van der Waals surface area (Å²) in [6.07, 6.45) is 1.48. The number of carbonyl (C=O) groups is 2. The minimum Gasteiger partial charge on any atom is -0.480 e. The van der Waals surface area contributed by atoms with Crippen molar-refractivity contribution in [1.82, 2.24) is 4.90 Å². The number of urea groups is 1. The van der Waals surface area contributed by atoms with E-state index in [-0.39, 0.29) is 13.1 Å². The maximum Gasteiger partial charge on any atom is 0.323 e. The Labute approximate surface area is 113 Å². The molecule has 0 bridgehead atoms. The zero-order valence-corrected chi connectivity index (χ0v) is 11.2. The van der Waals surface area contributed by atoms with Gasteiger partial charge in [0.2, 0.25) is 0 Å². The summed E-state index contributed by atoms with van der Waals surface area (Å²) in [7, 11) is 0. The molecule has 2 amide bonds. The second-order valence-corrected chi connectivity index (χ2v) is 4.42. The molecule has 0 aliphatic carbocycles. The number of rotatable bonds is 5. The number of carboxylic acids is 1. The lowest BCUT2D eigenvalue weighted by atomic mass is 10.3. The molecular weight excluding hydrogens is 300 g/mol. The van der Waals surface area contributed by atoms with Crippen molar-refractivity contribution in [3.05, 3.63) is 41.4 Å². The van der Waals surface area contributed by atoms with Gasteiger partial charge in [0.05, 0.1) is 0 Å². The fourth-order valence-electron chi connectivity index (χ4n) is 1.31. The van der Waals surface area contributed by atoms with E-state index in [1.807, 2.05) is 6.07 Å². The van der Waals surface area contributed by atoms with E-state index in [4.69, 9.17) is 5.11 Å². The van der Waals surface area contributed by atoms with Gasteiger partial charge in [0.15, 0.2) is 0 Å². The number of nitrogens with one attached hydrogen (secondary N) is 1. The van der Waals surface area contributed by atoms with Crippen LogP contribution in [-0.2, 0) is 4.79 Å². The zero-order valence-electron chi connectivity index (χ0n) is 9.60. The van der Waals surface area contributed by atoms with Crippen molar-refractivity contribution in [3.63, 3.8) is 0 Å². The van der Waals surface area contributed by atoms with E-state index in [9.17, 15) is 9.59 Å². The van der Waals surface area contributed by atoms with Crippen LogP contribution < -0.4 is 5.32 Å². The van der Waals surface area contributed by atoms with Gasteiger partial charge < -0.3 is 15.3 Å². The number of anilines is 1. The van der Waals surface area contributed by atoms with Gasteiger partial charge >= 0.3 is 12.0 Å². The fourth-order valence-corrected chi connectivity index (χ4v) is 1.71. The molecule has 6 heteroatoms. The number of carboxylic acid groups (broad SMARTS) is 1. The first-order valence-electron chi connectivity index (χ1n) is 5.17. The molecule has 0 heterocycles. The average molecular weight is 313 g/mol. The van der Waals surface area contributed by atoms with Crippen molar-refractivity contribution in [2.75, 3.05) is 18.4 Å². The normalized spacial score (nSPS) is 9.61. The molecule has 0 atom stereocenters. The molecule has 0 aromatic heterocycles. The van der Waals surface area contributed by atoms with Crippen molar-refractivity contribution in [2.24, 2.45) is 0 Å². The molecule has 0 aliphatic rings. The Bertz CT molecular complexity index is 462. The van der Waals surface area contributed by atoms with Crippen LogP contribution in [0, 0.1) is 0 Å². The van der Waals surface area contributed by atoms with Gasteiger partial charge in [0, 0.05) is 16.7 Å². The summed E-state index contributed by atoms with van der Waals surface area (Å²) in [6.45, 7) is 3.29. The van der Waals surface area contributed by atoms with Crippen LogP contribution in [0.3, 0.4) is 0 Å². The summed E-state index contributed by atoms with van der Waals surface area (Å²) in [5.74, 6) is -1.07. The lowest BCUT2D eigenvalue weighted by molar-refractivity contribution is -0.137. The van der Waals surface area contributed by atoms with E-state index in [1.54, 1.807) is 18.2 Å². The van der Waals surface area contributed by atoms with Crippen LogP contribution in [0.5, 0.6) is 0 Å². The van der Waals surface area contributed by atoms with E-state index in [0.717, 1.165) is 9.37 Å². The van der Waals surface area contributed by atoms with Gasteiger partial charge in [-0.3, -0.25) is 4.79 Å². The first-order valence-corrected chi connectivity index (χ1v) is 5.96. The van der Waals surface area contributed by atoms with Crippen LogP contribution in [0.1, 0.15) is 0 Å². The standard InChI is InChI=1S/C12H13BrN2O3/c1-2-6-15(8-11(16)17)12(18)14-10-5-3-4-9(13)7-10/h2-5,7H,1,6,8H2,(H,14,18)(H,16,17). The Morgan fingerprint density at radius 1 is 1.50 bits per heavy atom. The molecule has 0 spiro atoms. The highest BCUT2D eigenvalue weighted by atomic mass is 79.9. The molecule has 1 aromatic carbocycles. The van der Waals surface area contributed by atoms with Crippen LogP contribution in [0.4, 0.5) is 10.5 Å². The summed E-state index contributed by atoms with van der Waals surface area (Å²) in [6, 6.07) is 6.57. The Morgan fingerprint density at radius 3 is 2.78 bits per heavy atom. The minimum atomic E-state index is -1.07. The monoisotopic (exact) mass is 312 g/mol. The number of aliphatic carboxylic acids is 1. The SMILES string of the molecule is C=CCN(CC(=O)O)C(=O)Nc1cccc(Br)c1. The number of hydrogen-bond donors (Lipinski definition) is 2. The average Bonchev–Trinajstić information content (AvgIpc) is 2.27. The molecule has 96 valence electrons. The van der Waals surface area contributed by atoms with Crippen LogP contribution in [0.2, 0.25) is 0 Å². The second-order valence-electron chi connectivity index (χ2n) is 3.50. The molecule has 0 saturated carbocycles. The third-order valence-electron chi connectivity index (χ3n) is 2.04. The largest absolute Gasteiger partial charge is 0.480 e. The van der Waals surface area contributed by atoms with Gasteiger partial charge in [-0.05, 0) is 18.2 Å². The van der Waals surface area contributed by atoms with Crippen molar-refractivity contribution in [2.45, 2.75) is 0 Å². The van der Waals surface area contributed by atoms with E-state index >= 15 is 0 Å². The van der Waals surface area contributed by atoms with Crippen molar-refractivity contribution >= 4 is 33.6 Å². The van der Waals surface area contributed by atoms with Crippen LogP contribution >= 0.6 is 15.9 Å². The van der Waals surface area contributed by atoms with Crippen molar-refractivity contribution in [3.8, 4) is 0 Å². The number of halogens is 1. The van der Waals surface area contributed by atoms with Crippen LogP contribution in [-0.4, -0.2) is 35.1 Å². The van der Waals surface area contributed by atoms with Gasteiger partial charge in [-0.15, -0.1) is 6.58 Å². The molecule has 2 N–H and O–H groups in total. The van der Waals surface area contributed by atoms with E-state index < -0.39 is 12.0 Å². The molecule has 0 aliphatic heterocycles. The summed E-state index contributed by atoms with van der Waals surface area (Å²) in [5, 5.41) is 11.3. The maximum absolute atomic E-state index is 11.8. The molecule has 0 unspecified atom stereocenters. The molecule has 0 fully saturated rings. The van der Waals surface area contributed by atoms with Gasteiger partial charge in [-0.2, -0.15) is 0 Å². The topological polar surface area (TPSA) is 69.6 Å². The van der Waals surface area contributed by atoms with Crippen molar-refractivity contribution in [1.29, 1.82) is 0 Å². The predicted octanol–water partition coefficient (Wildman–Crippen LogP) is 2.55. The maximum atomic E-state index is 11.8. The summed E-state index contributed by atoms with van der Waals surface area (Å²) in [4.78, 5) is 23.6. The highest BCUT2D eigenvalue weighted by molar-refractivity contribution is 9.10. The summed E-state index contributed by atoms with van der Waals surface area (Å²) < 4.78 is 0.828. The van der Waals surface area contributed by atoms with Crippen molar-refractivity contribution < 1.29 is 14.7 Å². The quantitative estimate of drug-likeness (QED) is 0.821. The first-order chi connectivity index (χ1) is 8.52. The molecule has 18 heavy (non-hydrogen) atoms. The third kappa shape index (κ3) is 4.58. The second kappa shape index (κ2) is 6.80. The number of hydrogen-bond acceptors (Lipinski definition) is 2. The fraction of sp³-hybridized carbons (Fsp3) is 0.167. The van der Waals surface area contributed by atoms with E-state index in [2.05, 4.69) is 27.8 Å². The molecular formula is C12H13BrN2O3. The number of nitrogens with zero attached hydrogens (tertiary/aromatic N) is 1. The Hall–Kier alpha value is -1.82. The highest BCUT2D eigenvalue weighted by Gasteiger charge is 2.15. The molecule has 1 rings (SSSR count). The smallest absolute Gasteiger partial charge is 0.323 e. The molecule has 0 saturated heterocycles. The Balaban J connectivity index is 2.71. The van der Waals surface area contributed by atoms with Gasteiger partial charge in [0.1, 0.15) is 6.54 Å². The zero-order chi connectivity index (χ0) is 13.5. The third-order valence-corrected chi connectivity index (χ3v) is 2.53. The van der Waals surface area contributed by atoms with Gasteiger partial charge in [-0.1, -0.05) is 28.1 Å². The lowest BCUT2D eigenvalue weighted by Gasteiger charge is -2.19. The summed E-state index contributed by atoms with van der Waals surface area (Å²) >= 11 is 3.28. The Morgan fingerprint density at radius 2 is 2.22 bits per heavy atom. The van der Waals surface area contributed by atoms with E-state index in [1.165, 1.54) is 6.08 Å². The number of carbonyl (C=O) groups excluding carboxylic acids is 1. The van der Waals surface area contributed by atoms with Crippen LogP contribution in [0.15, 0.2) is 41.4 Å². The number of amides is 2. The lowest BCUT2D eigenvalue weighted by Crippen LogP contribution is -2.38. The predicted molar refractivity (Wildman–Crippen MR) is 72.6 cm³/mol. The molecule has 0 radical (unpaired) electrons. The molecule has 5 nitrogen and oxygen atoms in total. The van der Waals surface area contributed by atoms with E-state index in [0.29, 0.717) is 5.69 Å². The highest BCUT2D eigenvalue weighted by Crippen LogP contribution is 2.16. The Kier molecular flexibility index (Phi) is 5.38. The minimum absolute atomic E-state index is 0.173.